The highest BCUT2D eigenvalue weighted by atomic mass is 35.5. The molecule has 0 bridgehead atoms. The summed E-state index contributed by atoms with van der Waals surface area (Å²) in [5, 5.41) is 4.60. The fraction of sp³-hybridized carbons (Fsp3) is 0.111. The van der Waals surface area contributed by atoms with Crippen LogP contribution >= 0.6 is 11.6 Å². The van der Waals surface area contributed by atoms with Crippen LogP contribution in [0.5, 0.6) is 0 Å². The molecule has 0 saturated heterocycles. The van der Waals surface area contributed by atoms with Gasteiger partial charge >= 0.3 is 6.18 Å². The molecule has 3 aromatic rings. The van der Waals surface area contributed by atoms with Gasteiger partial charge in [0.15, 0.2) is 0 Å². The van der Waals surface area contributed by atoms with E-state index in [1.165, 1.54) is 29.0 Å². The van der Waals surface area contributed by atoms with E-state index in [-0.39, 0.29) is 28.2 Å². The Hall–Kier alpha value is -2.91. The van der Waals surface area contributed by atoms with Crippen LogP contribution in [0.25, 0.3) is 17.0 Å². The van der Waals surface area contributed by atoms with E-state index in [4.69, 9.17) is 17.4 Å². The summed E-state index contributed by atoms with van der Waals surface area (Å²) in [5.74, 6) is 3.77. The van der Waals surface area contributed by atoms with Gasteiger partial charge < -0.3 is 0 Å². The van der Waals surface area contributed by atoms with E-state index >= 15 is 0 Å². The van der Waals surface area contributed by atoms with E-state index in [2.05, 4.69) is 5.10 Å². The summed E-state index contributed by atoms with van der Waals surface area (Å²) in [6, 6.07) is 7.19. The van der Waals surface area contributed by atoms with Crippen molar-refractivity contribution >= 4 is 34.5 Å². The number of hydrazine groups is 1. The molecule has 1 aromatic heterocycles. The zero-order valence-electron chi connectivity index (χ0n) is 14.1. The molecule has 0 aliphatic rings. The van der Waals surface area contributed by atoms with Gasteiger partial charge in [-0.25, -0.2) is 10.2 Å². The maximum atomic E-state index is 14.1. The highest BCUT2D eigenvalue weighted by molar-refractivity contribution is 6.30. The quantitative estimate of drug-likeness (QED) is 0.224. The van der Waals surface area contributed by atoms with Gasteiger partial charge in [0.1, 0.15) is 5.82 Å². The number of nitrogens with two attached hydrogens (primary N) is 1. The largest absolute Gasteiger partial charge is 0.416 e. The Morgan fingerprint density at radius 2 is 2.00 bits per heavy atom. The lowest BCUT2D eigenvalue weighted by molar-refractivity contribution is -0.137. The SMILES string of the molecule is NNC(=O)C=Cc1nn(Cc2ccc(Cl)cc2F)c2ccc(C(F)(F)F)cc12. The lowest BCUT2D eigenvalue weighted by Crippen LogP contribution is -2.27. The van der Waals surface area contributed by atoms with Crippen molar-refractivity contribution in [1.82, 2.24) is 15.2 Å². The Morgan fingerprint density at radius 3 is 2.64 bits per heavy atom. The van der Waals surface area contributed by atoms with Gasteiger partial charge in [-0.3, -0.25) is 14.9 Å². The van der Waals surface area contributed by atoms with Gasteiger partial charge in [-0.1, -0.05) is 17.7 Å². The lowest BCUT2D eigenvalue weighted by atomic mass is 10.1. The predicted molar refractivity (Wildman–Crippen MR) is 96.6 cm³/mol. The van der Waals surface area contributed by atoms with Crippen LogP contribution < -0.4 is 11.3 Å². The number of rotatable bonds is 4. The average Bonchev–Trinajstić information content (AvgIpc) is 2.98. The minimum absolute atomic E-state index is 0.0399. The number of aromatic nitrogens is 2. The molecule has 28 heavy (non-hydrogen) atoms. The van der Waals surface area contributed by atoms with Gasteiger partial charge in [0.25, 0.3) is 5.91 Å². The first kappa shape index (κ1) is 19.8. The highest BCUT2D eigenvalue weighted by Crippen LogP contribution is 2.33. The van der Waals surface area contributed by atoms with Crippen LogP contribution in [0.15, 0.2) is 42.5 Å². The molecule has 0 aliphatic heterocycles. The molecule has 3 rings (SSSR count). The second-order valence-corrected chi connectivity index (χ2v) is 6.29. The zero-order valence-corrected chi connectivity index (χ0v) is 14.9. The van der Waals surface area contributed by atoms with E-state index in [9.17, 15) is 22.4 Å². The second-order valence-electron chi connectivity index (χ2n) is 5.85. The molecule has 5 nitrogen and oxygen atoms in total. The van der Waals surface area contributed by atoms with Crippen molar-refractivity contribution in [2.45, 2.75) is 12.7 Å². The van der Waals surface area contributed by atoms with E-state index < -0.39 is 23.5 Å². The number of halogens is 5. The Labute approximate surface area is 161 Å². The molecule has 0 unspecified atom stereocenters. The summed E-state index contributed by atoms with van der Waals surface area (Å²) in [4.78, 5) is 11.3. The van der Waals surface area contributed by atoms with Crippen LogP contribution in [0, 0.1) is 5.82 Å². The third-order valence-corrected chi connectivity index (χ3v) is 4.21. The van der Waals surface area contributed by atoms with E-state index in [1.54, 1.807) is 0 Å². The summed E-state index contributed by atoms with van der Waals surface area (Å²) in [5.41, 5.74) is 1.72. The number of amides is 1. The molecule has 10 heteroatoms. The number of fused-ring (bicyclic) bond motifs is 1. The normalized spacial score (nSPS) is 12.1. The Balaban J connectivity index is 2.12. The molecule has 0 atom stereocenters. The maximum Gasteiger partial charge on any atom is 0.416 e. The summed E-state index contributed by atoms with van der Waals surface area (Å²) in [7, 11) is 0. The molecule has 0 aliphatic carbocycles. The fourth-order valence-electron chi connectivity index (χ4n) is 2.64. The lowest BCUT2D eigenvalue weighted by Gasteiger charge is -2.08. The molecule has 3 N–H and O–H groups in total. The third kappa shape index (κ3) is 4.15. The van der Waals surface area contributed by atoms with Crippen LogP contribution in [-0.4, -0.2) is 15.7 Å². The van der Waals surface area contributed by atoms with Crippen molar-refractivity contribution in [3.8, 4) is 0 Å². The molecular formula is C18H13ClF4N4O. The van der Waals surface area contributed by atoms with Crippen molar-refractivity contribution in [3.63, 3.8) is 0 Å². The van der Waals surface area contributed by atoms with Gasteiger partial charge in [0.2, 0.25) is 0 Å². The summed E-state index contributed by atoms with van der Waals surface area (Å²) < 4.78 is 54.7. The summed E-state index contributed by atoms with van der Waals surface area (Å²) in [6.45, 7) is -0.0399. The minimum atomic E-state index is -4.55. The molecular weight excluding hydrogens is 400 g/mol. The number of nitrogens with one attached hydrogen (secondary N) is 1. The fourth-order valence-corrected chi connectivity index (χ4v) is 2.80. The number of nitrogens with zero attached hydrogens (tertiary/aromatic N) is 2. The summed E-state index contributed by atoms with van der Waals surface area (Å²) >= 11 is 5.74. The Morgan fingerprint density at radius 1 is 1.25 bits per heavy atom. The number of hydrogen-bond acceptors (Lipinski definition) is 3. The van der Waals surface area contributed by atoms with Crippen LogP contribution in [0.4, 0.5) is 17.6 Å². The first-order chi connectivity index (χ1) is 13.2. The van der Waals surface area contributed by atoms with E-state index in [0.717, 1.165) is 24.3 Å². The van der Waals surface area contributed by atoms with Crippen molar-refractivity contribution in [2.24, 2.45) is 5.84 Å². The zero-order chi connectivity index (χ0) is 20.5. The molecule has 0 fully saturated rings. The van der Waals surface area contributed by atoms with Crippen molar-refractivity contribution in [1.29, 1.82) is 0 Å². The Kier molecular flexibility index (Phi) is 5.39. The van der Waals surface area contributed by atoms with Crippen LogP contribution in [0.3, 0.4) is 0 Å². The highest BCUT2D eigenvalue weighted by Gasteiger charge is 2.31. The molecule has 0 saturated carbocycles. The monoisotopic (exact) mass is 412 g/mol. The van der Waals surface area contributed by atoms with Gasteiger partial charge in [0, 0.05) is 22.0 Å². The van der Waals surface area contributed by atoms with Crippen LogP contribution in [0.1, 0.15) is 16.8 Å². The number of carbonyl (C=O) groups is 1. The molecule has 0 spiro atoms. The minimum Gasteiger partial charge on any atom is -0.291 e. The first-order valence-electron chi connectivity index (χ1n) is 7.89. The second kappa shape index (κ2) is 7.61. The van der Waals surface area contributed by atoms with Gasteiger partial charge in [-0.15, -0.1) is 0 Å². The molecule has 2 aromatic carbocycles. The molecule has 1 amide bonds. The standard InChI is InChI=1S/C18H13ClF4N4O/c19-12-3-1-10(14(20)8-12)9-27-16-5-2-11(18(21,22)23)7-13(16)15(26-27)4-6-17(28)25-24/h1-8H,9,24H2,(H,25,28). The average molecular weight is 413 g/mol. The molecule has 1 heterocycles. The number of benzene rings is 2. The molecule has 146 valence electrons. The third-order valence-electron chi connectivity index (χ3n) is 3.98. The summed E-state index contributed by atoms with van der Waals surface area (Å²) in [6.07, 6.45) is -2.27. The number of alkyl halides is 3. The van der Waals surface area contributed by atoms with Gasteiger partial charge in [0.05, 0.1) is 23.3 Å². The van der Waals surface area contributed by atoms with Crippen LogP contribution in [-0.2, 0) is 17.5 Å². The first-order valence-corrected chi connectivity index (χ1v) is 8.27. The smallest absolute Gasteiger partial charge is 0.291 e. The van der Waals surface area contributed by atoms with Gasteiger partial charge in [-0.05, 0) is 36.4 Å². The number of hydrogen-bond donors (Lipinski definition) is 2. The maximum absolute atomic E-state index is 14.1. The Bertz CT molecular complexity index is 1080. The van der Waals surface area contributed by atoms with Crippen molar-refractivity contribution in [2.75, 3.05) is 0 Å². The van der Waals surface area contributed by atoms with Gasteiger partial charge in [-0.2, -0.15) is 18.3 Å². The van der Waals surface area contributed by atoms with Crippen LogP contribution in [0.2, 0.25) is 5.02 Å². The van der Waals surface area contributed by atoms with E-state index in [0.29, 0.717) is 5.52 Å². The predicted octanol–water partition coefficient (Wildman–Crippen LogP) is 3.90. The number of carbonyl (C=O) groups excluding carboxylic acids is 1. The molecule has 0 radical (unpaired) electrons. The topological polar surface area (TPSA) is 72.9 Å². The van der Waals surface area contributed by atoms with Crippen molar-refractivity contribution < 1.29 is 22.4 Å². The van der Waals surface area contributed by atoms with E-state index in [1.807, 2.05) is 5.43 Å². The van der Waals surface area contributed by atoms with Crippen molar-refractivity contribution in [3.05, 3.63) is 70.1 Å².